The molecule has 7 nitrogen and oxygen atoms in total. The van der Waals surface area contributed by atoms with Crippen molar-refractivity contribution in [3.05, 3.63) is 72.3 Å². The van der Waals surface area contributed by atoms with Gasteiger partial charge in [0.2, 0.25) is 6.10 Å². The minimum absolute atomic E-state index is 0.152. The van der Waals surface area contributed by atoms with Crippen LogP contribution in [0, 0.1) is 0 Å². The van der Waals surface area contributed by atoms with Crippen LogP contribution in [0.3, 0.4) is 0 Å². The quantitative estimate of drug-likeness (QED) is 0.737. The highest BCUT2D eigenvalue weighted by Crippen LogP contribution is 2.31. The van der Waals surface area contributed by atoms with Crippen molar-refractivity contribution in [2.45, 2.75) is 12.1 Å². The number of carbonyl (C=O) groups excluding carboxylic acids is 1. The minimum Gasteiger partial charge on any atom is -0.497 e. The molecule has 1 aromatic heterocycles. The van der Waals surface area contributed by atoms with Crippen LogP contribution in [0.1, 0.15) is 17.4 Å². The highest BCUT2D eigenvalue weighted by atomic mass is 16.6. The van der Waals surface area contributed by atoms with Gasteiger partial charge in [-0.2, -0.15) is 0 Å². The zero-order valence-electron chi connectivity index (χ0n) is 15.7. The Hall–Kier alpha value is -3.48. The molecule has 144 valence electrons. The van der Waals surface area contributed by atoms with Crippen LogP contribution < -0.4 is 19.5 Å². The summed E-state index contributed by atoms with van der Waals surface area (Å²) in [6.45, 7) is 0.152. The molecule has 2 atom stereocenters. The number of imidazole rings is 1. The normalized spacial score (nSPS) is 16.3. The lowest BCUT2D eigenvalue weighted by atomic mass is 10.1. The van der Waals surface area contributed by atoms with Crippen LogP contribution in [-0.2, 0) is 11.8 Å². The van der Waals surface area contributed by atoms with Crippen molar-refractivity contribution in [2.75, 3.05) is 13.7 Å². The number of ether oxygens (including phenoxy) is 3. The number of methoxy groups -OCH3 is 1. The van der Waals surface area contributed by atoms with Gasteiger partial charge in [0, 0.05) is 19.4 Å². The lowest BCUT2D eigenvalue weighted by Crippen LogP contribution is -2.45. The average molecular weight is 379 g/mol. The van der Waals surface area contributed by atoms with E-state index in [9.17, 15) is 4.79 Å². The van der Waals surface area contributed by atoms with Crippen molar-refractivity contribution in [1.82, 2.24) is 14.9 Å². The summed E-state index contributed by atoms with van der Waals surface area (Å²) in [5, 5.41) is 3.05. The van der Waals surface area contributed by atoms with Gasteiger partial charge in [-0.25, -0.2) is 4.98 Å². The molecule has 1 N–H and O–H groups in total. The lowest BCUT2D eigenvalue weighted by molar-refractivity contribution is -0.130. The molecule has 0 spiro atoms. The molecule has 0 saturated heterocycles. The van der Waals surface area contributed by atoms with Gasteiger partial charge in [0.15, 0.2) is 11.5 Å². The van der Waals surface area contributed by atoms with Crippen molar-refractivity contribution in [2.24, 2.45) is 7.05 Å². The molecule has 0 fully saturated rings. The van der Waals surface area contributed by atoms with Gasteiger partial charge in [0.05, 0.1) is 7.11 Å². The van der Waals surface area contributed by atoms with E-state index in [0.717, 1.165) is 17.1 Å². The molecule has 28 heavy (non-hydrogen) atoms. The third-order valence-electron chi connectivity index (χ3n) is 4.65. The molecular weight excluding hydrogens is 358 g/mol. The second-order valence-electron chi connectivity index (χ2n) is 6.48. The first-order valence-corrected chi connectivity index (χ1v) is 8.95. The Kier molecular flexibility index (Phi) is 4.89. The third-order valence-corrected chi connectivity index (χ3v) is 4.65. The summed E-state index contributed by atoms with van der Waals surface area (Å²) < 4.78 is 18.6. The summed E-state index contributed by atoms with van der Waals surface area (Å²) in [5.41, 5.74) is 0.889. The predicted molar refractivity (Wildman–Crippen MR) is 103 cm³/mol. The van der Waals surface area contributed by atoms with E-state index in [1.807, 2.05) is 60.3 Å². The smallest absolute Gasteiger partial charge is 0.265 e. The zero-order valence-corrected chi connectivity index (χ0v) is 15.7. The maximum atomic E-state index is 12.9. The van der Waals surface area contributed by atoms with Crippen LogP contribution in [0.15, 0.2) is 60.9 Å². The number of nitrogens with one attached hydrogen (secondary N) is 1. The number of amides is 1. The molecule has 2 unspecified atom stereocenters. The summed E-state index contributed by atoms with van der Waals surface area (Å²) in [6.07, 6.45) is 2.80. The molecule has 2 aromatic carbocycles. The second kappa shape index (κ2) is 7.64. The summed E-state index contributed by atoms with van der Waals surface area (Å²) >= 11 is 0. The van der Waals surface area contributed by atoms with E-state index in [1.54, 1.807) is 19.4 Å². The number of para-hydroxylation sites is 2. The molecule has 1 aliphatic rings. The number of hydrogen-bond donors (Lipinski definition) is 1. The maximum absolute atomic E-state index is 12.9. The molecule has 1 amide bonds. The fourth-order valence-corrected chi connectivity index (χ4v) is 3.13. The molecule has 2 heterocycles. The van der Waals surface area contributed by atoms with Crippen LogP contribution in [0.25, 0.3) is 0 Å². The van der Waals surface area contributed by atoms with Gasteiger partial charge in [-0.1, -0.05) is 24.3 Å². The third kappa shape index (κ3) is 3.51. The Balaban J connectivity index is 1.57. The van der Waals surface area contributed by atoms with E-state index in [2.05, 4.69) is 10.3 Å². The van der Waals surface area contributed by atoms with Gasteiger partial charge in [0.1, 0.15) is 24.2 Å². The molecule has 0 saturated carbocycles. The topological polar surface area (TPSA) is 74.6 Å². The monoisotopic (exact) mass is 379 g/mol. The summed E-state index contributed by atoms with van der Waals surface area (Å²) in [6, 6.07) is 14.4. The average Bonchev–Trinajstić information content (AvgIpc) is 3.17. The number of fused-ring (bicyclic) bond motifs is 1. The van der Waals surface area contributed by atoms with Crippen LogP contribution in [0.2, 0.25) is 0 Å². The molecule has 4 rings (SSSR count). The van der Waals surface area contributed by atoms with Gasteiger partial charge in [-0.3, -0.25) is 4.79 Å². The van der Waals surface area contributed by atoms with Crippen molar-refractivity contribution in [3.8, 4) is 17.2 Å². The Morgan fingerprint density at radius 3 is 2.64 bits per heavy atom. The van der Waals surface area contributed by atoms with E-state index in [-0.39, 0.29) is 12.5 Å². The minimum atomic E-state index is -0.740. The first kappa shape index (κ1) is 17.9. The van der Waals surface area contributed by atoms with Crippen LogP contribution in [0.4, 0.5) is 0 Å². The first-order chi connectivity index (χ1) is 13.7. The largest absolute Gasteiger partial charge is 0.497 e. The molecular formula is C21H21N3O4. The van der Waals surface area contributed by atoms with Crippen LogP contribution in [0.5, 0.6) is 17.2 Å². The fourth-order valence-electron chi connectivity index (χ4n) is 3.13. The first-order valence-electron chi connectivity index (χ1n) is 8.95. The molecule has 1 aliphatic heterocycles. The number of nitrogens with zero attached hydrogens (tertiary/aromatic N) is 2. The predicted octanol–water partition coefficient (Wildman–Crippen LogP) is 2.47. The summed E-state index contributed by atoms with van der Waals surface area (Å²) in [4.78, 5) is 17.4. The number of carbonyl (C=O) groups is 1. The SMILES string of the molecule is COc1ccc(C(NC(=O)C2COc3ccccc3O2)c2nccn2C)cc1. The maximum Gasteiger partial charge on any atom is 0.265 e. The molecule has 7 heteroatoms. The van der Waals surface area contributed by atoms with Crippen LogP contribution >= 0.6 is 0 Å². The Bertz CT molecular complexity index is 968. The van der Waals surface area contributed by atoms with E-state index in [0.29, 0.717) is 11.5 Å². The molecule has 0 aliphatic carbocycles. The van der Waals surface area contributed by atoms with Gasteiger partial charge < -0.3 is 24.1 Å². The second-order valence-corrected chi connectivity index (χ2v) is 6.48. The van der Waals surface area contributed by atoms with Gasteiger partial charge in [-0.05, 0) is 29.8 Å². The molecule has 0 bridgehead atoms. The lowest BCUT2D eigenvalue weighted by Gasteiger charge is -2.27. The Morgan fingerprint density at radius 1 is 1.21 bits per heavy atom. The molecule has 3 aromatic rings. The zero-order chi connectivity index (χ0) is 19.5. The Labute approximate surface area is 162 Å². The van der Waals surface area contributed by atoms with Gasteiger partial charge in [0.25, 0.3) is 5.91 Å². The number of aryl methyl sites for hydroxylation is 1. The number of benzene rings is 2. The van der Waals surface area contributed by atoms with E-state index >= 15 is 0 Å². The standard InChI is InChI=1S/C21H21N3O4/c1-24-12-11-22-20(24)19(14-7-9-15(26-2)10-8-14)23-21(25)18-13-27-16-5-3-4-6-17(16)28-18/h3-12,18-19H,13H2,1-2H3,(H,23,25). The van der Waals surface area contributed by atoms with E-state index in [4.69, 9.17) is 14.2 Å². The van der Waals surface area contributed by atoms with Gasteiger partial charge >= 0.3 is 0 Å². The van der Waals surface area contributed by atoms with Crippen LogP contribution in [-0.4, -0.2) is 35.3 Å². The number of aromatic nitrogens is 2. The van der Waals surface area contributed by atoms with Crippen molar-refractivity contribution >= 4 is 5.91 Å². The van der Waals surface area contributed by atoms with Gasteiger partial charge in [-0.15, -0.1) is 0 Å². The van der Waals surface area contributed by atoms with Crippen molar-refractivity contribution < 1.29 is 19.0 Å². The number of rotatable bonds is 5. The molecule has 0 radical (unpaired) electrons. The Morgan fingerprint density at radius 2 is 1.96 bits per heavy atom. The van der Waals surface area contributed by atoms with Crippen molar-refractivity contribution in [3.63, 3.8) is 0 Å². The van der Waals surface area contributed by atoms with E-state index in [1.165, 1.54) is 0 Å². The van der Waals surface area contributed by atoms with E-state index < -0.39 is 12.1 Å². The summed E-state index contributed by atoms with van der Waals surface area (Å²) in [5.74, 6) is 2.40. The van der Waals surface area contributed by atoms with Crippen molar-refractivity contribution in [1.29, 1.82) is 0 Å². The fraction of sp³-hybridized carbons (Fsp3) is 0.238. The highest BCUT2D eigenvalue weighted by Gasteiger charge is 2.30. The summed E-state index contributed by atoms with van der Waals surface area (Å²) in [7, 11) is 3.51. The highest BCUT2D eigenvalue weighted by molar-refractivity contribution is 5.82. The number of hydrogen-bond acceptors (Lipinski definition) is 5.